The first kappa shape index (κ1) is 17.6. The Labute approximate surface area is 166 Å². The molecule has 3 fully saturated rings. The Morgan fingerprint density at radius 1 is 0.893 bits per heavy atom. The first-order valence-electron chi connectivity index (χ1n) is 10.5. The van der Waals surface area contributed by atoms with Gasteiger partial charge in [0.05, 0.1) is 5.41 Å². The molecule has 2 saturated heterocycles. The Morgan fingerprint density at radius 3 is 2.04 bits per heavy atom. The van der Waals surface area contributed by atoms with Gasteiger partial charge in [-0.1, -0.05) is 60.7 Å². The summed E-state index contributed by atoms with van der Waals surface area (Å²) >= 11 is 0. The van der Waals surface area contributed by atoms with Crippen LogP contribution in [0.25, 0.3) is 0 Å². The number of H-pyrrole nitrogens is 1. The van der Waals surface area contributed by atoms with E-state index in [1.54, 1.807) is 0 Å². The van der Waals surface area contributed by atoms with E-state index in [1.165, 1.54) is 43.4 Å². The van der Waals surface area contributed by atoms with Crippen molar-refractivity contribution in [1.82, 2.24) is 25.5 Å². The maximum Gasteiger partial charge on any atom is 0.163 e. The van der Waals surface area contributed by atoms with Crippen LogP contribution in [-0.2, 0) is 5.41 Å². The number of piperidine rings is 2. The number of aromatic nitrogens is 4. The Bertz CT molecular complexity index is 830. The summed E-state index contributed by atoms with van der Waals surface area (Å²) in [5.41, 5.74) is 2.10. The average molecular weight is 374 g/mol. The molecule has 0 unspecified atom stereocenters. The first-order chi connectivity index (χ1) is 13.9. The van der Waals surface area contributed by atoms with Crippen molar-refractivity contribution in [2.45, 2.75) is 43.6 Å². The van der Waals surface area contributed by atoms with Gasteiger partial charge in [0.15, 0.2) is 5.82 Å². The quantitative estimate of drug-likeness (QED) is 0.714. The van der Waals surface area contributed by atoms with Crippen molar-refractivity contribution in [3.8, 4) is 0 Å². The van der Waals surface area contributed by atoms with E-state index < -0.39 is 0 Å². The minimum Gasteiger partial charge on any atom is -0.300 e. The van der Waals surface area contributed by atoms with E-state index in [2.05, 4.69) is 86.2 Å². The monoisotopic (exact) mass is 373 g/mol. The molecule has 5 heteroatoms. The largest absolute Gasteiger partial charge is 0.300 e. The fourth-order valence-corrected chi connectivity index (χ4v) is 5.39. The molecule has 3 aliphatic rings. The fourth-order valence-electron chi connectivity index (χ4n) is 5.39. The summed E-state index contributed by atoms with van der Waals surface area (Å²) in [6.07, 6.45) is 6.50. The molecule has 6 rings (SSSR count). The van der Waals surface area contributed by atoms with Crippen molar-refractivity contribution in [3.05, 3.63) is 77.6 Å². The van der Waals surface area contributed by atoms with Gasteiger partial charge in [-0.2, -0.15) is 0 Å². The summed E-state index contributed by atoms with van der Waals surface area (Å²) in [4.78, 5) is 2.72. The highest BCUT2D eigenvalue weighted by Crippen LogP contribution is 2.42. The van der Waals surface area contributed by atoms with Crippen LogP contribution >= 0.6 is 0 Å². The predicted octanol–water partition coefficient (Wildman–Crippen LogP) is 3.80. The molecule has 1 aliphatic carbocycles. The number of hydrogen-bond acceptors (Lipinski definition) is 4. The van der Waals surface area contributed by atoms with E-state index in [9.17, 15) is 0 Å². The lowest BCUT2D eigenvalue weighted by Crippen LogP contribution is -2.49. The average Bonchev–Trinajstić information content (AvgIpc) is 3.32. The third-order valence-corrected chi connectivity index (χ3v) is 6.88. The minimum atomic E-state index is -0.372. The van der Waals surface area contributed by atoms with Crippen molar-refractivity contribution < 1.29 is 0 Å². The Hall–Kier alpha value is -2.53. The van der Waals surface area contributed by atoms with Crippen LogP contribution in [0.2, 0.25) is 0 Å². The maximum absolute atomic E-state index is 4.42. The second kappa shape index (κ2) is 7.47. The summed E-state index contributed by atoms with van der Waals surface area (Å²) in [6, 6.07) is 22.2. The summed E-state index contributed by atoms with van der Waals surface area (Å²) < 4.78 is 0. The van der Waals surface area contributed by atoms with Crippen molar-refractivity contribution in [2.24, 2.45) is 5.92 Å². The van der Waals surface area contributed by atoms with Crippen LogP contribution in [0.15, 0.2) is 60.7 Å². The van der Waals surface area contributed by atoms with Crippen LogP contribution in [0.4, 0.5) is 0 Å². The molecule has 144 valence electrons. The van der Waals surface area contributed by atoms with E-state index >= 15 is 0 Å². The van der Waals surface area contributed by atoms with E-state index in [1.807, 2.05) is 0 Å². The molecule has 0 spiro atoms. The molecule has 3 heterocycles. The molecule has 1 aromatic heterocycles. The van der Waals surface area contributed by atoms with E-state index in [0.717, 1.165) is 30.7 Å². The van der Waals surface area contributed by atoms with E-state index in [4.69, 9.17) is 0 Å². The van der Waals surface area contributed by atoms with Gasteiger partial charge in [-0.05, 0) is 59.6 Å². The molecule has 0 amide bonds. The first-order valence-corrected chi connectivity index (χ1v) is 10.5. The Morgan fingerprint density at radius 2 is 1.54 bits per heavy atom. The number of fused-ring (bicyclic) bond motifs is 3. The van der Waals surface area contributed by atoms with Crippen molar-refractivity contribution in [2.75, 3.05) is 13.1 Å². The van der Waals surface area contributed by atoms with Crippen LogP contribution in [0, 0.1) is 5.92 Å². The minimum absolute atomic E-state index is 0.372. The number of aromatic amines is 1. The molecule has 2 aliphatic heterocycles. The topological polar surface area (TPSA) is 57.7 Å². The number of nitrogens with one attached hydrogen (secondary N) is 1. The highest BCUT2D eigenvalue weighted by Gasteiger charge is 2.41. The number of benzene rings is 2. The zero-order valence-corrected chi connectivity index (χ0v) is 16.2. The van der Waals surface area contributed by atoms with Crippen LogP contribution < -0.4 is 0 Å². The van der Waals surface area contributed by atoms with Gasteiger partial charge in [0.2, 0.25) is 0 Å². The second-order valence-electron chi connectivity index (χ2n) is 8.31. The van der Waals surface area contributed by atoms with Gasteiger partial charge in [-0.25, -0.2) is 5.10 Å². The molecule has 1 N–H and O–H groups in total. The van der Waals surface area contributed by atoms with Crippen molar-refractivity contribution >= 4 is 0 Å². The molecule has 0 atom stereocenters. The third kappa shape index (κ3) is 3.04. The summed E-state index contributed by atoms with van der Waals surface area (Å²) in [5, 5.41) is 15.4. The van der Waals surface area contributed by atoms with Crippen LogP contribution in [0.5, 0.6) is 0 Å². The van der Waals surface area contributed by atoms with Gasteiger partial charge in [0.1, 0.15) is 0 Å². The number of tetrazole rings is 1. The molecule has 2 aromatic carbocycles. The van der Waals surface area contributed by atoms with Gasteiger partial charge in [0, 0.05) is 19.1 Å². The number of rotatable bonds is 6. The van der Waals surface area contributed by atoms with Gasteiger partial charge >= 0.3 is 0 Å². The molecule has 0 radical (unpaired) electrons. The van der Waals surface area contributed by atoms with Gasteiger partial charge in [-0.15, -0.1) is 5.10 Å². The molecular formula is C23H27N5. The molecule has 2 bridgehead atoms. The van der Waals surface area contributed by atoms with Gasteiger partial charge in [-0.3, -0.25) is 0 Å². The molecular weight excluding hydrogens is 346 g/mol. The van der Waals surface area contributed by atoms with Crippen molar-refractivity contribution in [3.63, 3.8) is 0 Å². The number of hydrogen-bond donors (Lipinski definition) is 1. The lowest BCUT2D eigenvalue weighted by molar-refractivity contribution is 0.0451. The zero-order chi connectivity index (χ0) is 18.8. The maximum atomic E-state index is 4.42. The SMILES string of the molecule is c1ccc(C(CCN2CC3CCC2CC3)(c2ccccc2)c2nnn[nH]2)cc1. The lowest BCUT2D eigenvalue weighted by atomic mass is 9.70. The lowest BCUT2D eigenvalue weighted by Gasteiger charge is -2.46. The highest BCUT2D eigenvalue weighted by molar-refractivity contribution is 5.45. The van der Waals surface area contributed by atoms with Crippen LogP contribution in [0.3, 0.4) is 0 Å². The highest BCUT2D eigenvalue weighted by atomic mass is 15.5. The molecule has 3 aromatic rings. The summed E-state index contributed by atoms with van der Waals surface area (Å²) in [7, 11) is 0. The van der Waals surface area contributed by atoms with Crippen LogP contribution in [-0.4, -0.2) is 44.7 Å². The molecule has 1 saturated carbocycles. The second-order valence-corrected chi connectivity index (χ2v) is 8.31. The van der Waals surface area contributed by atoms with Gasteiger partial charge in [0.25, 0.3) is 0 Å². The smallest absolute Gasteiger partial charge is 0.163 e. The van der Waals surface area contributed by atoms with E-state index in [-0.39, 0.29) is 5.41 Å². The molecule has 28 heavy (non-hydrogen) atoms. The predicted molar refractivity (Wildman–Crippen MR) is 109 cm³/mol. The fraction of sp³-hybridized carbons (Fsp3) is 0.435. The van der Waals surface area contributed by atoms with Crippen molar-refractivity contribution in [1.29, 1.82) is 0 Å². The van der Waals surface area contributed by atoms with E-state index in [0.29, 0.717) is 0 Å². The Kier molecular flexibility index (Phi) is 4.69. The zero-order valence-electron chi connectivity index (χ0n) is 16.2. The normalized spacial score (nSPS) is 22.4. The van der Waals surface area contributed by atoms with Crippen LogP contribution in [0.1, 0.15) is 49.1 Å². The third-order valence-electron chi connectivity index (χ3n) is 6.88. The summed E-state index contributed by atoms with van der Waals surface area (Å²) in [6.45, 7) is 2.31. The number of nitrogens with zero attached hydrogens (tertiary/aromatic N) is 4. The summed E-state index contributed by atoms with van der Waals surface area (Å²) in [5.74, 6) is 1.71. The Balaban J connectivity index is 1.56. The van der Waals surface area contributed by atoms with Gasteiger partial charge < -0.3 is 4.90 Å². The standard InChI is InChI=1S/C23H27N5/c1-3-7-19(8-4-1)23(22-24-26-27-25-22,20-9-5-2-6-10-20)15-16-28-17-18-11-13-21(28)14-12-18/h1-10,18,21H,11-17H2,(H,24,25,26,27). The molecule has 5 nitrogen and oxygen atoms in total.